The molecule has 5 heteroatoms. The second-order valence-electron chi connectivity index (χ2n) is 4.94. The van der Waals surface area contributed by atoms with Crippen LogP contribution in [0.2, 0.25) is 0 Å². The van der Waals surface area contributed by atoms with Crippen molar-refractivity contribution in [2.24, 2.45) is 7.05 Å². The smallest absolute Gasteiger partial charge is 0.274 e. The number of aromatic amines is 1. The number of amides is 1. The minimum Gasteiger partial charge on any atom is -0.347 e. The Bertz CT molecular complexity index is 876. The van der Waals surface area contributed by atoms with Crippen molar-refractivity contribution < 1.29 is 4.79 Å². The summed E-state index contributed by atoms with van der Waals surface area (Å²) >= 11 is 0. The zero-order chi connectivity index (χ0) is 15.0. The first kappa shape index (κ1) is 13.2. The lowest BCUT2D eigenvalue weighted by Crippen LogP contribution is -2.32. The van der Waals surface area contributed by atoms with Crippen molar-refractivity contribution >= 4 is 22.5 Å². The van der Waals surface area contributed by atoms with E-state index < -0.39 is 0 Å². The van der Waals surface area contributed by atoms with Gasteiger partial charge in [-0.05, 0) is 24.3 Å². The van der Waals surface area contributed by atoms with E-state index in [2.05, 4.69) is 4.98 Å². The number of aromatic nitrogens is 2. The molecule has 3 aromatic rings. The van der Waals surface area contributed by atoms with Gasteiger partial charge in [-0.3, -0.25) is 9.59 Å². The number of hydrogen-bond acceptors (Lipinski definition) is 2. The summed E-state index contributed by atoms with van der Waals surface area (Å²) in [6.07, 6.45) is 1.80. The Hall–Kier alpha value is -2.82. The number of nitrogens with zero attached hydrogens (tertiary/aromatic N) is 2. The van der Waals surface area contributed by atoms with Crippen molar-refractivity contribution in [1.82, 2.24) is 9.55 Å². The number of anilines is 1. The minimum atomic E-state index is -0.279. The summed E-state index contributed by atoms with van der Waals surface area (Å²) in [5.74, 6) is -0.219. The molecule has 0 spiro atoms. The van der Waals surface area contributed by atoms with Crippen molar-refractivity contribution in [2.45, 2.75) is 0 Å². The van der Waals surface area contributed by atoms with Crippen molar-refractivity contribution in [2.75, 3.05) is 11.9 Å². The van der Waals surface area contributed by atoms with Gasteiger partial charge in [-0.15, -0.1) is 0 Å². The van der Waals surface area contributed by atoms with Gasteiger partial charge in [-0.2, -0.15) is 0 Å². The van der Waals surface area contributed by atoms with Crippen LogP contribution in [0.1, 0.15) is 10.5 Å². The van der Waals surface area contributed by atoms with Gasteiger partial charge in [-0.25, -0.2) is 0 Å². The lowest BCUT2D eigenvalue weighted by molar-refractivity contribution is 0.0985. The van der Waals surface area contributed by atoms with Gasteiger partial charge >= 0.3 is 0 Å². The molecular formula is C16H15N3O2. The van der Waals surface area contributed by atoms with Crippen LogP contribution < -0.4 is 10.5 Å². The van der Waals surface area contributed by atoms with E-state index in [1.54, 1.807) is 43.1 Å². The van der Waals surface area contributed by atoms with Crippen LogP contribution in [-0.4, -0.2) is 22.5 Å². The molecule has 0 radical (unpaired) electrons. The van der Waals surface area contributed by atoms with E-state index in [4.69, 9.17) is 0 Å². The Morgan fingerprint density at radius 2 is 1.95 bits per heavy atom. The molecule has 0 atom stereocenters. The fraction of sp³-hybridized carbons (Fsp3) is 0.125. The van der Waals surface area contributed by atoms with Crippen molar-refractivity contribution in [3.05, 3.63) is 64.7 Å². The van der Waals surface area contributed by atoms with Gasteiger partial charge in [0.05, 0.1) is 0 Å². The number of nitrogens with one attached hydrogen (secondary N) is 1. The summed E-state index contributed by atoms with van der Waals surface area (Å²) in [4.78, 5) is 28.8. The highest BCUT2D eigenvalue weighted by atomic mass is 16.2. The average molecular weight is 281 g/mol. The van der Waals surface area contributed by atoms with Gasteiger partial charge in [0.1, 0.15) is 11.4 Å². The number of hydrogen-bond donors (Lipinski definition) is 1. The van der Waals surface area contributed by atoms with Gasteiger partial charge in [0.2, 0.25) is 0 Å². The van der Waals surface area contributed by atoms with Crippen LogP contribution >= 0.6 is 0 Å². The predicted molar refractivity (Wildman–Crippen MR) is 82.7 cm³/mol. The maximum Gasteiger partial charge on any atom is 0.274 e. The normalized spacial score (nSPS) is 10.8. The first-order chi connectivity index (χ1) is 10.1. The molecule has 0 saturated heterocycles. The van der Waals surface area contributed by atoms with Crippen LogP contribution in [0.3, 0.4) is 0 Å². The lowest BCUT2D eigenvalue weighted by atomic mass is 10.2. The molecule has 0 aliphatic rings. The van der Waals surface area contributed by atoms with E-state index in [9.17, 15) is 9.59 Å². The number of para-hydroxylation sites is 1. The average Bonchev–Trinajstić information content (AvgIpc) is 2.91. The molecule has 106 valence electrons. The number of rotatable bonds is 2. The Morgan fingerprint density at radius 3 is 2.67 bits per heavy atom. The van der Waals surface area contributed by atoms with Crippen LogP contribution in [0.4, 0.5) is 5.69 Å². The van der Waals surface area contributed by atoms with Crippen LogP contribution in [0, 0.1) is 0 Å². The second-order valence-corrected chi connectivity index (χ2v) is 4.94. The standard InChI is InChI=1S/C16H15N3O2/c1-18-9-5-8-13(18)16(21)19(2)14-10-11-6-3-4-7-12(11)17-15(14)20/h3-10H,1-2H3,(H,17,20). The third kappa shape index (κ3) is 2.23. The number of H-pyrrole nitrogens is 1. The molecule has 0 fully saturated rings. The fourth-order valence-corrected chi connectivity index (χ4v) is 2.35. The summed E-state index contributed by atoms with van der Waals surface area (Å²) < 4.78 is 1.73. The third-order valence-electron chi connectivity index (χ3n) is 3.56. The summed E-state index contributed by atoms with van der Waals surface area (Å²) in [5, 5.41) is 0.888. The first-order valence-electron chi connectivity index (χ1n) is 6.59. The number of pyridine rings is 1. The van der Waals surface area contributed by atoms with Crippen LogP contribution in [-0.2, 0) is 7.05 Å². The zero-order valence-electron chi connectivity index (χ0n) is 11.8. The summed E-state index contributed by atoms with van der Waals surface area (Å²) in [6.45, 7) is 0. The summed E-state index contributed by atoms with van der Waals surface area (Å²) in [6, 6.07) is 12.7. The van der Waals surface area contributed by atoms with Gasteiger partial charge in [0.25, 0.3) is 11.5 Å². The molecular weight excluding hydrogens is 266 g/mol. The van der Waals surface area contributed by atoms with Gasteiger partial charge in [0, 0.05) is 31.2 Å². The second kappa shape index (κ2) is 4.94. The number of benzene rings is 1. The largest absolute Gasteiger partial charge is 0.347 e. The van der Waals surface area contributed by atoms with Crippen molar-refractivity contribution in [3.63, 3.8) is 0 Å². The van der Waals surface area contributed by atoms with E-state index in [0.717, 1.165) is 10.9 Å². The monoisotopic (exact) mass is 281 g/mol. The van der Waals surface area contributed by atoms with Gasteiger partial charge < -0.3 is 14.5 Å². The van der Waals surface area contributed by atoms with Crippen LogP contribution in [0.5, 0.6) is 0 Å². The summed E-state index contributed by atoms with van der Waals surface area (Å²) in [5.41, 5.74) is 1.34. The van der Waals surface area contributed by atoms with Gasteiger partial charge in [-0.1, -0.05) is 18.2 Å². The molecule has 2 heterocycles. The third-order valence-corrected chi connectivity index (χ3v) is 3.56. The Labute approximate surface area is 121 Å². The van der Waals surface area contributed by atoms with Gasteiger partial charge in [0.15, 0.2) is 0 Å². The quantitative estimate of drug-likeness (QED) is 0.782. The van der Waals surface area contributed by atoms with E-state index in [-0.39, 0.29) is 11.5 Å². The topological polar surface area (TPSA) is 58.1 Å². The molecule has 0 unspecified atom stereocenters. The number of aryl methyl sites for hydroxylation is 1. The molecule has 0 aliphatic carbocycles. The number of carbonyl (C=O) groups excluding carboxylic acids is 1. The highest BCUT2D eigenvalue weighted by Crippen LogP contribution is 2.17. The van der Waals surface area contributed by atoms with E-state index in [1.165, 1.54) is 4.90 Å². The maximum atomic E-state index is 12.5. The number of carbonyl (C=O) groups is 1. The molecule has 0 saturated carbocycles. The molecule has 3 rings (SSSR count). The Kier molecular flexibility index (Phi) is 3.10. The molecule has 21 heavy (non-hydrogen) atoms. The Morgan fingerprint density at radius 1 is 1.19 bits per heavy atom. The molecule has 0 aliphatic heterocycles. The molecule has 0 bridgehead atoms. The SMILES string of the molecule is CN(C(=O)c1cccn1C)c1cc2ccccc2[nH]c1=O. The number of fused-ring (bicyclic) bond motifs is 1. The first-order valence-corrected chi connectivity index (χ1v) is 6.59. The molecule has 5 nitrogen and oxygen atoms in total. The lowest BCUT2D eigenvalue weighted by Gasteiger charge is -2.17. The van der Waals surface area contributed by atoms with Crippen molar-refractivity contribution in [1.29, 1.82) is 0 Å². The highest BCUT2D eigenvalue weighted by molar-refractivity contribution is 6.05. The molecule has 2 aromatic heterocycles. The molecule has 1 amide bonds. The predicted octanol–water partition coefficient (Wildman–Crippen LogP) is 2.14. The zero-order valence-corrected chi connectivity index (χ0v) is 11.8. The van der Waals surface area contributed by atoms with E-state index >= 15 is 0 Å². The highest BCUT2D eigenvalue weighted by Gasteiger charge is 2.18. The maximum absolute atomic E-state index is 12.5. The summed E-state index contributed by atoms with van der Waals surface area (Å²) in [7, 11) is 3.40. The van der Waals surface area contributed by atoms with Crippen LogP contribution in [0.15, 0.2) is 53.5 Å². The molecule has 1 aromatic carbocycles. The fourth-order valence-electron chi connectivity index (χ4n) is 2.35. The van der Waals surface area contributed by atoms with E-state index in [0.29, 0.717) is 11.4 Å². The molecule has 1 N–H and O–H groups in total. The Balaban J connectivity index is 2.07. The van der Waals surface area contributed by atoms with Crippen molar-refractivity contribution in [3.8, 4) is 0 Å². The minimum absolute atomic E-state index is 0.219. The van der Waals surface area contributed by atoms with E-state index in [1.807, 2.05) is 24.3 Å². The van der Waals surface area contributed by atoms with Crippen LogP contribution in [0.25, 0.3) is 10.9 Å².